The van der Waals surface area contributed by atoms with Gasteiger partial charge in [0.2, 0.25) is 10.0 Å². The Balaban J connectivity index is 1.73. The molecule has 0 unspecified atom stereocenters. The summed E-state index contributed by atoms with van der Waals surface area (Å²) in [6, 6.07) is 14.4. The van der Waals surface area contributed by atoms with Crippen molar-refractivity contribution in [3.05, 3.63) is 65.2 Å². The van der Waals surface area contributed by atoms with E-state index in [2.05, 4.69) is 0 Å². The molecule has 0 aliphatic carbocycles. The molecule has 1 saturated heterocycles. The summed E-state index contributed by atoms with van der Waals surface area (Å²) in [6.45, 7) is 5.56. The van der Waals surface area contributed by atoms with E-state index >= 15 is 0 Å². The molecule has 3 rings (SSSR count). The van der Waals surface area contributed by atoms with E-state index in [1.54, 1.807) is 23.1 Å². The molecule has 1 amide bonds. The molecule has 0 N–H and O–H groups in total. The van der Waals surface area contributed by atoms with Gasteiger partial charge >= 0.3 is 0 Å². The zero-order chi connectivity index (χ0) is 18.7. The highest BCUT2D eigenvalue weighted by Gasteiger charge is 2.28. The van der Waals surface area contributed by atoms with Crippen molar-refractivity contribution in [3.8, 4) is 0 Å². The number of rotatable bonds is 3. The average Bonchev–Trinajstić information content (AvgIpc) is 2.88. The summed E-state index contributed by atoms with van der Waals surface area (Å²) in [6.07, 6.45) is 0.628. The lowest BCUT2D eigenvalue weighted by Gasteiger charge is -2.22. The highest BCUT2D eigenvalue weighted by Crippen LogP contribution is 2.19. The van der Waals surface area contributed by atoms with Crippen LogP contribution in [0.25, 0.3) is 0 Å². The zero-order valence-electron chi connectivity index (χ0n) is 15.2. The van der Waals surface area contributed by atoms with E-state index in [4.69, 9.17) is 0 Å². The predicted molar refractivity (Wildman–Crippen MR) is 102 cm³/mol. The van der Waals surface area contributed by atoms with Crippen molar-refractivity contribution >= 4 is 15.9 Å². The van der Waals surface area contributed by atoms with E-state index < -0.39 is 10.0 Å². The fraction of sp³-hybridized carbons (Fsp3) is 0.350. The number of carbonyl (C=O) groups excluding carboxylic acids is 1. The highest BCUT2D eigenvalue weighted by atomic mass is 32.2. The molecule has 138 valence electrons. The first kappa shape index (κ1) is 18.6. The van der Waals surface area contributed by atoms with Gasteiger partial charge in [-0.25, -0.2) is 8.42 Å². The zero-order valence-corrected chi connectivity index (χ0v) is 16.0. The quantitative estimate of drug-likeness (QED) is 0.832. The molecule has 5 nitrogen and oxygen atoms in total. The van der Waals surface area contributed by atoms with Crippen LogP contribution in [0.2, 0.25) is 0 Å². The molecule has 26 heavy (non-hydrogen) atoms. The van der Waals surface area contributed by atoms with E-state index in [0.717, 1.165) is 11.1 Å². The Bertz CT molecular complexity index is 892. The summed E-state index contributed by atoms with van der Waals surface area (Å²) >= 11 is 0. The van der Waals surface area contributed by atoms with Gasteiger partial charge in [-0.05, 0) is 50.1 Å². The van der Waals surface area contributed by atoms with Crippen molar-refractivity contribution in [2.45, 2.75) is 25.2 Å². The molecule has 6 heteroatoms. The van der Waals surface area contributed by atoms with Gasteiger partial charge in [0.1, 0.15) is 0 Å². The van der Waals surface area contributed by atoms with Crippen molar-refractivity contribution in [2.24, 2.45) is 0 Å². The summed E-state index contributed by atoms with van der Waals surface area (Å²) < 4.78 is 27.3. The van der Waals surface area contributed by atoms with Crippen LogP contribution in [-0.2, 0) is 10.0 Å². The van der Waals surface area contributed by atoms with Crippen LogP contribution >= 0.6 is 0 Å². The summed E-state index contributed by atoms with van der Waals surface area (Å²) in [4.78, 5) is 14.8. The Morgan fingerprint density at radius 2 is 1.62 bits per heavy atom. The van der Waals surface area contributed by atoms with E-state index in [0.29, 0.717) is 43.1 Å². The number of amides is 1. The summed E-state index contributed by atoms with van der Waals surface area (Å²) in [5.74, 6) is -0.0418. The smallest absolute Gasteiger partial charge is 0.253 e. The number of hydrogen-bond acceptors (Lipinski definition) is 3. The molecule has 2 aromatic carbocycles. The lowest BCUT2D eigenvalue weighted by molar-refractivity contribution is 0.0764. The molecule has 0 aromatic heterocycles. The molecule has 0 bridgehead atoms. The molecule has 1 fully saturated rings. The van der Waals surface area contributed by atoms with Gasteiger partial charge in [0.05, 0.1) is 4.90 Å². The van der Waals surface area contributed by atoms with Crippen molar-refractivity contribution in [2.75, 3.05) is 26.2 Å². The number of aryl methyl sites for hydroxylation is 2. The van der Waals surface area contributed by atoms with E-state index in [1.807, 2.05) is 44.2 Å². The van der Waals surface area contributed by atoms with Gasteiger partial charge in [0.15, 0.2) is 0 Å². The monoisotopic (exact) mass is 372 g/mol. The molecule has 2 aromatic rings. The van der Waals surface area contributed by atoms with Crippen LogP contribution in [-0.4, -0.2) is 49.7 Å². The predicted octanol–water partition coefficient (Wildman–Crippen LogP) is 2.84. The Labute approximate surface area is 155 Å². The average molecular weight is 372 g/mol. The van der Waals surface area contributed by atoms with Gasteiger partial charge in [0, 0.05) is 31.7 Å². The number of benzene rings is 2. The fourth-order valence-corrected chi connectivity index (χ4v) is 4.72. The minimum atomic E-state index is -3.53. The van der Waals surface area contributed by atoms with Crippen LogP contribution < -0.4 is 0 Å². The van der Waals surface area contributed by atoms with Gasteiger partial charge < -0.3 is 4.90 Å². The van der Waals surface area contributed by atoms with Crippen LogP contribution in [0.3, 0.4) is 0 Å². The molecule has 1 heterocycles. The van der Waals surface area contributed by atoms with Gasteiger partial charge in [-0.2, -0.15) is 4.31 Å². The molecular formula is C20H24N2O3S. The molecule has 0 saturated carbocycles. The Hall–Kier alpha value is -2.18. The number of nitrogens with zero attached hydrogens (tertiary/aromatic N) is 2. The third kappa shape index (κ3) is 3.97. The van der Waals surface area contributed by atoms with Crippen LogP contribution in [0.1, 0.15) is 27.9 Å². The molecule has 1 aliphatic heterocycles. The van der Waals surface area contributed by atoms with Gasteiger partial charge in [-0.3, -0.25) is 4.79 Å². The lowest BCUT2D eigenvalue weighted by Crippen LogP contribution is -2.37. The topological polar surface area (TPSA) is 57.7 Å². The third-order valence-corrected chi connectivity index (χ3v) is 6.56. The minimum absolute atomic E-state index is 0.0418. The SMILES string of the molecule is Cc1ccc(C(=O)N2CCCN(S(=O)(=O)c3cccc(C)c3)CC2)cc1. The second kappa shape index (κ2) is 7.60. The van der Waals surface area contributed by atoms with Gasteiger partial charge in [-0.15, -0.1) is 0 Å². The third-order valence-electron chi connectivity index (χ3n) is 4.67. The van der Waals surface area contributed by atoms with Crippen LogP contribution in [0.15, 0.2) is 53.4 Å². The molecule has 0 atom stereocenters. The lowest BCUT2D eigenvalue weighted by atomic mass is 10.1. The second-order valence-corrected chi connectivity index (χ2v) is 8.67. The summed E-state index contributed by atoms with van der Waals surface area (Å²) in [5.41, 5.74) is 2.66. The maximum absolute atomic E-state index is 12.9. The second-order valence-electron chi connectivity index (χ2n) is 6.73. The van der Waals surface area contributed by atoms with Gasteiger partial charge in [-0.1, -0.05) is 29.8 Å². The minimum Gasteiger partial charge on any atom is -0.337 e. The van der Waals surface area contributed by atoms with E-state index in [1.165, 1.54) is 4.31 Å². The maximum atomic E-state index is 12.9. The Morgan fingerprint density at radius 3 is 2.31 bits per heavy atom. The standard InChI is InChI=1S/C20H24N2O3S/c1-16-7-9-18(10-8-16)20(23)21-11-4-12-22(14-13-21)26(24,25)19-6-3-5-17(2)15-19/h3,5-10,15H,4,11-14H2,1-2H3. The molecular weight excluding hydrogens is 348 g/mol. The molecule has 1 aliphatic rings. The Morgan fingerprint density at radius 1 is 0.885 bits per heavy atom. The van der Waals surface area contributed by atoms with E-state index in [9.17, 15) is 13.2 Å². The van der Waals surface area contributed by atoms with Crippen LogP contribution in [0, 0.1) is 13.8 Å². The van der Waals surface area contributed by atoms with E-state index in [-0.39, 0.29) is 5.91 Å². The Kier molecular flexibility index (Phi) is 5.44. The van der Waals surface area contributed by atoms with Crippen LogP contribution in [0.4, 0.5) is 0 Å². The van der Waals surface area contributed by atoms with Crippen molar-refractivity contribution < 1.29 is 13.2 Å². The first-order valence-electron chi connectivity index (χ1n) is 8.81. The molecule has 0 spiro atoms. The maximum Gasteiger partial charge on any atom is 0.253 e. The van der Waals surface area contributed by atoms with Gasteiger partial charge in [0.25, 0.3) is 5.91 Å². The number of hydrogen-bond donors (Lipinski definition) is 0. The summed E-state index contributed by atoms with van der Waals surface area (Å²) in [7, 11) is -3.53. The normalized spacial score (nSPS) is 16.3. The highest BCUT2D eigenvalue weighted by molar-refractivity contribution is 7.89. The molecule has 0 radical (unpaired) electrons. The largest absolute Gasteiger partial charge is 0.337 e. The first-order chi connectivity index (χ1) is 12.4. The number of sulfonamides is 1. The van der Waals surface area contributed by atoms with Crippen molar-refractivity contribution in [1.29, 1.82) is 0 Å². The fourth-order valence-electron chi connectivity index (χ4n) is 3.14. The summed E-state index contributed by atoms with van der Waals surface area (Å²) in [5, 5.41) is 0. The van der Waals surface area contributed by atoms with Crippen LogP contribution in [0.5, 0.6) is 0 Å². The number of carbonyl (C=O) groups is 1. The first-order valence-corrected chi connectivity index (χ1v) is 10.2. The van der Waals surface area contributed by atoms with Crippen molar-refractivity contribution in [3.63, 3.8) is 0 Å². The van der Waals surface area contributed by atoms with Crippen molar-refractivity contribution in [1.82, 2.24) is 9.21 Å².